The first-order chi connectivity index (χ1) is 5.84. The third kappa shape index (κ3) is 2.20. The molecular formula is C4H4ClN7. The highest BCUT2D eigenvalue weighted by Crippen LogP contribution is 2.14. The van der Waals surface area contributed by atoms with Crippen LogP contribution in [-0.4, -0.2) is 21.7 Å². The van der Waals surface area contributed by atoms with E-state index in [0.29, 0.717) is 5.02 Å². The normalized spacial score (nSPS) is 10.1. The van der Waals surface area contributed by atoms with Gasteiger partial charge in [-0.25, -0.2) is 5.53 Å². The second-order valence-corrected chi connectivity index (χ2v) is 2.02. The molecule has 7 nitrogen and oxygen atoms in total. The number of rotatable bonds is 3. The molecule has 0 aliphatic heterocycles. The highest BCUT2D eigenvalue weighted by molar-refractivity contribution is 6.32. The third-order valence-electron chi connectivity index (χ3n) is 0.880. The molecule has 0 atom stereocenters. The van der Waals surface area contributed by atoms with Crippen molar-refractivity contribution in [2.75, 3.05) is 5.43 Å². The summed E-state index contributed by atoms with van der Waals surface area (Å²) in [5.74, 6) is 0.270. The summed E-state index contributed by atoms with van der Waals surface area (Å²) >= 11 is 5.62. The van der Waals surface area contributed by atoms with Crippen molar-refractivity contribution in [3.63, 3.8) is 0 Å². The molecule has 0 bridgehead atoms. The lowest BCUT2D eigenvalue weighted by Gasteiger charge is -1.96. The van der Waals surface area contributed by atoms with E-state index in [0.717, 1.165) is 6.34 Å². The van der Waals surface area contributed by atoms with E-state index < -0.39 is 0 Å². The number of hydrazone groups is 1. The second kappa shape index (κ2) is 4.29. The fraction of sp³-hybridized carbons (Fsp3) is 0. The molecule has 62 valence electrons. The standard InChI is InChI=1S/C4H4ClN7/c5-3-1-8-12-11-4(3)10-9-2-7-6/h1-2,6H,(H,8,10,11)/b7-6?,9-2+. The minimum Gasteiger partial charge on any atom is -0.257 e. The van der Waals surface area contributed by atoms with E-state index in [2.05, 4.69) is 31.1 Å². The Morgan fingerprint density at radius 2 is 2.50 bits per heavy atom. The van der Waals surface area contributed by atoms with Crippen molar-refractivity contribution >= 4 is 23.8 Å². The molecule has 0 saturated carbocycles. The van der Waals surface area contributed by atoms with Crippen LogP contribution in [0, 0.1) is 5.53 Å². The molecule has 0 spiro atoms. The first-order valence-electron chi connectivity index (χ1n) is 2.82. The van der Waals surface area contributed by atoms with E-state index in [1.165, 1.54) is 6.20 Å². The highest BCUT2D eigenvalue weighted by atomic mass is 35.5. The van der Waals surface area contributed by atoms with Crippen molar-refractivity contribution in [3.8, 4) is 0 Å². The summed E-state index contributed by atoms with van der Waals surface area (Å²) in [5, 5.41) is 16.9. The van der Waals surface area contributed by atoms with Crippen molar-refractivity contribution in [3.05, 3.63) is 11.2 Å². The van der Waals surface area contributed by atoms with E-state index in [1.807, 2.05) is 0 Å². The van der Waals surface area contributed by atoms with Gasteiger partial charge in [-0.05, 0) is 5.21 Å². The molecule has 0 aromatic carbocycles. The van der Waals surface area contributed by atoms with E-state index >= 15 is 0 Å². The van der Waals surface area contributed by atoms with Crippen LogP contribution in [0.1, 0.15) is 0 Å². The van der Waals surface area contributed by atoms with Crippen molar-refractivity contribution in [1.82, 2.24) is 15.4 Å². The van der Waals surface area contributed by atoms with Gasteiger partial charge in [-0.2, -0.15) is 5.10 Å². The van der Waals surface area contributed by atoms with E-state index in [9.17, 15) is 0 Å². The molecular weight excluding hydrogens is 182 g/mol. The number of halogens is 1. The van der Waals surface area contributed by atoms with Crippen LogP contribution in [0.3, 0.4) is 0 Å². The zero-order valence-corrected chi connectivity index (χ0v) is 6.52. The van der Waals surface area contributed by atoms with Crippen LogP contribution in [-0.2, 0) is 0 Å². The Balaban J connectivity index is 2.69. The van der Waals surface area contributed by atoms with Crippen molar-refractivity contribution < 1.29 is 0 Å². The van der Waals surface area contributed by atoms with E-state index in [1.54, 1.807) is 0 Å². The molecule has 0 unspecified atom stereocenters. The average molecular weight is 186 g/mol. The van der Waals surface area contributed by atoms with Gasteiger partial charge in [0, 0.05) is 0 Å². The average Bonchev–Trinajstić information content (AvgIpc) is 2.09. The van der Waals surface area contributed by atoms with Crippen LogP contribution in [0.15, 0.2) is 16.4 Å². The summed E-state index contributed by atoms with van der Waals surface area (Å²) in [6.45, 7) is 0. The summed E-state index contributed by atoms with van der Waals surface area (Å²) in [6, 6.07) is 0. The highest BCUT2D eigenvalue weighted by Gasteiger charge is 1.98. The summed E-state index contributed by atoms with van der Waals surface area (Å²) in [6.07, 6.45) is 2.32. The van der Waals surface area contributed by atoms with Gasteiger partial charge in [-0.15, -0.1) is 15.3 Å². The fourth-order valence-electron chi connectivity index (χ4n) is 0.451. The van der Waals surface area contributed by atoms with Crippen molar-refractivity contribution in [1.29, 1.82) is 5.53 Å². The zero-order valence-electron chi connectivity index (χ0n) is 5.77. The maximum atomic E-state index is 6.38. The fourth-order valence-corrected chi connectivity index (χ4v) is 0.574. The van der Waals surface area contributed by atoms with Crippen LogP contribution in [0.4, 0.5) is 5.82 Å². The van der Waals surface area contributed by atoms with Gasteiger partial charge in [0.2, 0.25) is 0 Å². The van der Waals surface area contributed by atoms with Crippen LogP contribution in [0.2, 0.25) is 5.02 Å². The SMILES string of the molecule is N=N/C=N/Nc1nnncc1Cl. The van der Waals surface area contributed by atoms with Crippen LogP contribution < -0.4 is 5.43 Å². The van der Waals surface area contributed by atoms with E-state index in [-0.39, 0.29) is 5.82 Å². The molecule has 0 radical (unpaired) electrons. The quantitative estimate of drug-likeness (QED) is 0.316. The molecule has 1 rings (SSSR count). The largest absolute Gasteiger partial charge is 0.257 e. The molecule has 0 fully saturated rings. The maximum absolute atomic E-state index is 6.38. The summed E-state index contributed by atoms with van der Waals surface area (Å²) in [7, 11) is 0. The molecule has 12 heavy (non-hydrogen) atoms. The second-order valence-electron chi connectivity index (χ2n) is 1.62. The molecule has 1 aromatic heterocycles. The minimum atomic E-state index is 0.270. The Kier molecular flexibility index (Phi) is 3.03. The lowest BCUT2D eigenvalue weighted by Crippen LogP contribution is -1.96. The van der Waals surface area contributed by atoms with Crippen molar-refractivity contribution in [2.24, 2.45) is 10.2 Å². The Morgan fingerprint density at radius 3 is 3.17 bits per heavy atom. The third-order valence-corrected chi connectivity index (χ3v) is 1.16. The molecule has 2 N–H and O–H groups in total. The topological polar surface area (TPSA) is 99.3 Å². The molecule has 0 amide bonds. The zero-order chi connectivity index (χ0) is 8.81. The molecule has 1 aromatic rings. The summed E-state index contributed by atoms with van der Waals surface area (Å²) in [4.78, 5) is 0. The van der Waals surface area contributed by atoms with Gasteiger partial charge in [0.15, 0.2) is 12.2 Å². The van der Waals surface area contributed by atoms with Gasteiger partial charge in [-0.3, -0.25) is 5.43 Å². The monoisotopic (exact) mass is 185 g/mol. The molecule has 0 aliphatic carbocycles. The molecule has 1 heterocycles. The van der Waals surface area contributed by atoms with Gasteiger partial charge in [-0.1, -0.05) is 11.6 Å². The molecule has 8 heteroatoms. The number of aromatic nitrogens is 3. The van der Waals surface area contributed by atoms with E-state index in [4.69, 9.17) is 17.1 Å². The van der Waals surface area contributed by atoms with Gasteiger partial charge in [0.1, 0.15) is 5.02 Å². The number of nitrogens with zero attached hydrogens (tertiary/aromatic N) is 5. The Labute approximate surface area is 72.3 Å². The van der Waals surface area contributed by atoms with Gasteiger partial charge in [0.05, 0.1) is 6.20 Å². The van der Waals surface area contributed by atoms with Gasteiger partial charge >= 0.3 is 0 Å². The number of anilines is 1. The number of nitrogens with one attached hydrogen (secondary N) is 2. The van der Waals surface area contributed by atoms with Crippen LogP contribution in [0.5, 0.6) is 0 Å². The first-order valence-corrected chi connectivity index (χ1v) is 3.20. The molecule has 0 aliphatic rings. The lowest BCUT2D eigenvalue weighted by molar-refractivity contribution is 0.866. The first kappa shape index (κ1) is 8.47. The maximum Gasteiger partial charge on any atom is 0.191 e. The smallest absolute Gasteiger partial charge is 0.191 e. The lowest BCUT2D eigenvalue weighted by atomic mass is 10.6. The van der Waals surface area contributed by atoms with Crippen LogP contribution in [0.25, 0.3) is 0 Å². The van der Waals surface area contributed by atoms with Crippen LogP contribution >= 0.6 is 11.6 Å². The van der Waals surface area contributed by atoms with Gasteiger partial charge in [0.25, 0.3) is 0 Å². The predicted molar refractivity (Wildman–Crippen MR) is 42.1 cm³/mol. The van der Waals surface area contributed by atoms with Gasteiger partial charge < -0.3 is 0 Å². The summed E-state index contributed by atoms with van der Waals surface area (Å²) in [5.41, 5.74) is 8.80. The Morgan fingerprint density at radius 1 is 1.67 bits per heavy atom. The number of hydrogen-bond acceptors (Lipinski definition) is 6. The van der Waals surface area contributed by atoms with Crippen molar-refractivity contribution in [2.45, 2.75) is 0 Å². The predicted octanol–water partition coefficient (Wildman–Crippen LogP) is 0.911. The molecule has 0 saturated heterocycles. The minimum absolute atomic E-state index is 0.270. The Hall–Kier alpha value is -1.63. The Bertz CT molecular complexity index is 297. The number of hydrogen-bond donors (Lipinski definition) is 2. The summed E-state index contributed by atoms with van der Waals surface area (Å²) < 4.78 is 0.